The van der Waals surface area contributed by atoms with Crippen LogP contribution in [0.5, 0.6) is 0 Å². The SMILES string of the molecule is C.CC(C)(C=O)N1CCC(F)(F)C1.[C-]#[N+]C(=CC(C)(C)N1CCC(F)(F)C1)C(=O)N1CCC[C@@H](OC(=O)N[C@@H](Cc2ccccc2)B2O[C@@H]3C[C@@H]4C[C@@H](C4(C)C)[C@]3(C)O2)C1.[C-]#[N+]CC(=O)N1CCC[C@@H](OC(=O)N[C@@H](Cc2ccccc2)B2O[C@@H]3C[C@@H]4C[C@@H](C4(C)C)[C@]3(C)O2)C1. The second kappa shape index (κ2) is 29.0. The number of alkyl carbamates (subject to hydrolysis) is 2. The number of aldehydes is 1. The van der Waals surface area contributed by atoms with Gasteiger partial charge in [-0.15, -0.1) is 0 Å². The molecule has 6 heterocycles. The highest BCUT2D eigenvalue weighted by Crippen LogP contribution is 2.67. The van der Waals surface area contributed by atoms with Crippen LogP contribution in [0.1, 0.15) is 152 Å². The highest BCUT2D eigenvalue weighted by atomic mass is 19.3. The Bertz CT molecular complexity index is 3230. The summed E-state index contributed by atoms with van der Waals surface area (Å²) in [5.74, 6) is -4.94. The highest BCUT2D eigenvalue weighted by Gasteiger charge is 2.70. The molecule has 0 radical (unpaired) electrons. The number of piperidine rings is 2. The van der Waals surface area contributed by atoms with E-state index in [0.717, 1.165) is 36.8 Å². The summed E-state index contributed by atoms with van der Waals surface area (Å²) >= 11 is 0. The zero-order valence-corrected chi connectivity index (χ0v) is 56.9. The molecule has 12 fully saturated rings. The molecule has 4 amide bonds. The molecule has 0 aromatic heterocycles. The van der Waals surface area contributed by atoms with Crippen LogP contribution < -0.4 is 10.6 Å². The van der Waals surface area contributed by atoms with E-state index in [0.29, 0.717) is 88.2 Å². The first-order valence-electron chi connectivity index (χ1n) is 34.1. The molecule has 12 aliphatic rings. The van der Waals surface area contributed by atoms with Crippen molar-refractivity contribution in [2.45, 2.75) is 224 Å². The Kier molecular flexibility index (Phi) is 22.4. The molecule has 6 saturated carbocycles. The number of rotatable bonds is 16. The van der Waals surface area contributed by atoms with Gasteiger partial charge >= 0.3 is 32.3 Å². The van der Waals surface area contributed by atoms with Gasteiger partial charge in [0.05, 0.1) is 73.6 Å². The number of alkyl halides is 4. The molecule has 96 heavy (non-hydrogen) atoms. The van der Waals surface area contributed by atoms with Crippen molar-refractivity contribution in [1.29, 1.82) is 0 Å². The van der Waals surface area contributed by atoms with Crippen LogP contribution in [0.4, 0.5) is 27.2 Å². The van der Waals surface area contributed by atoms with Gasteiger partial charge in [-0.2, -0.15) is 0 Å². The van der Waals surface area contributed by atoms with E-state index < -0.39 is 91.5 Å². The summed E-state index contributed by atoms with van der Waals surface area (Å²) in [6.45, 7) is 36.1. The Hall–Kier alpha value is -6.08. The van der Waals surface area contributed by atoms with E-state index in [9.17, 15) is 41.5 Å². The molecule has 0 unspecified atom stereocenters. The van der Waals surface area contributed by atoms with E-state index in [4.69, 9.17) is 41.2 Å². The Morgan fingerprint density at radius 2 is 1.08 bits per heavy atom. The van der Waals surface area contributed by atoms with Crippen molar-refractivity contribution >= 4 is 44.5 Å². The molecule has 2 N–H and O–H groups in total. The summed E-state index contributed by atoms with van der Waals surface area (Å²) in [5.41, 5.74) is -0.0220. The first-order chi connectivity index (χ1) is 44.7. The van der Waals surface area contributed by atoms with Crippen molar-refractivity contribution in [3.63, 3.8) is 0 Å². The molecular weight excluding hydrogens is 1240 g/mol. The van der Waals surface area contributed by atoms with Gasteiger partial charge in [-0.1, -0.05) is 102 Å². The number of carbonyl (C=O) groups excluding carboxylic acids is 5. The van der Waals surface area contributed by atoms with E-state index in [2.05, 4.69) is 61.9 Å². The Balaban J connectivity index is 0.000000195. The number of amides is 4. The van der Waals surface area contributed by atoms with Gasteiger partial charge in [-0.25, -0.2) is 38.6 Å². The van der Waals surface area contributed by atoms with E-state index in [1.807, 2.05) is 60.7 Å². The number of benzene rings is 2. The standard InChI is InChI=1S/C35H47BF2N4O5.C27H36BN3O5.C8H13F2NO.CH4/c1-32(2,42-16-14-35(37,38)22-42)20-26(39-6)30(43)41-15-10-13-25(21-41)45-31(44)40-29(17-23-11-8-7-9-12-23)36-46-28-19-24-18-27(33(24,3)4)34(28,5)47-36;1-26(2)19-14-21(26)27(3)22(15-19)35-28(36-27)23(13-18-9-6-5-7-10-18)30-25(33)34-20-11-8-12-31(17-20)24(32)16-29-4;1-7(2,6-12)11-4-3-8(9,10)5-11;/h7-9,11-12,20,24-25,27-29H,10,13-19,21-22H2,1-5H3,(H,40,44);5-7,9-10,19-23H,8,11-17H2,1-3H3,(H,30,33);6H,3-5H2,1-2H3;1H4/t24-,25+,27-,28+,29-,34-;19-,20+,21-,22+,23-,27-;;/m00../s1. The number of carbonyl (C=O) groups is 5. The number of nitrogens with one attached hydrogen (secondary N) is 2. The fourth-order valence-corrected chi connectivity index (χ4v) is 16.9. The third-order valence-electron chi connectivity index (χ3n) is 23.0. The smallest absolute Gasteiger partial charge is 0.444 e. The quantitative estimate of drug-likeness (QED) is 0.0532. The number of hydrogen-bond donors (Lipinski definition) is 2. The van der Waals surface area contributed by atoms with Crippen LogP contribution in [0.15, 0.2) is 72.4 Å². The predicted molar refractivity (Wildman–Crippen MR) is 356 cm³/mol. The van der Waals surface area contributed by atoms with Crippen LogP contribution >= 0.6 is 0 Å². The second-order valence-electron chi connectivity index (χ2n) is 30.9. The van der Waals surface area contributed by atoms with Crippen molar-refractivity contribution < 1.29 is 69.6 Å². The first-order valence-corrected chi connectivity index (χ1v) is 34.1. The van der Waals surface area contributed by atoms with Crippen LogP contribution in [0, 0.1) is 47.6 Å². The van der Waals surface area contributed by atoms with Gasteiger partial charge in [0, 0.05) is 44.6 Å². The minimum atomic E-state index is -2.78. The van der Waals surface area contributed by atoms with Crippen molar-refractivity contribution in [2.24, 2.45) is 34.5 Å². The summed E-state index contributed by atoms with van der Waals surface area (Å²) in [7, 11) is -1.20. The van der Waals surface area contributed by atoms with Crippen LogP contribution in [0.3, 0.4) is 0 Å². The van der Waals surface area contributed by atoms with Crippen molar-refractivity contribution in [3.8, 4) is 0 Å². The molecule has 25 heteroatoms. The third-order valence-corrected chi connectivity index (χ3v) is 23.0. The monoisotopic (exact) mass is 1340 g/mol. The van der Waals surface area contributed by atoms with Gasteiger partial charge in [-0.3, -0.25) is 19.4 Å². The lowest BCUT2D eigenvalue weighted by molar-refractivity contribution is -0.199. The molecule has 4 bridgehead atoms. The van der Waals surface area contributed by atoms with Gasteiger partial charge in [0.25, 0.3) is 24.3 Å². The van der Waals surface area contributed by atoms with E-state index >= 15 is 0 Å². The van der Waals surface area contributed by atoms with Crippen LogP contribution in [-0.4, -0.2) is 193 Å². The van der Waals surface area contributed by atoms with Gasteiger partial charge in [0.1, 0.15) is 18.5 Å². The molecule has 14 rings (SSSR count). The number of likely N-dealkylation sites (tertiary alicyclic amines) is 4. The number of ether oxygens (including phenoxy) is 2. The minimum Gasteiger partial charge on any atom is -0.444 e. The number of nitrogens with zero attached hydrogens (tertiary/aromatic N) is 6. The lowest BCUT2D eigenvalue weighted by atomic mass is 9.43. The maximum atomic E-state index is 13.9. The second-order valence-corrected chi connectivity index (χ2v) is 30.9. The van der Waals surface area contributed by atoms with Gasteiger partial charge < -0.3 is 58.2 Å². The van der Waals surface area contributed by atoms with E-state index in [1.54, 1.807) is 37.5 Å². The molecule has 2 aromatic rings. The first kappa shape index (κ1) is 74.2. The molecule has 6 saturated heterocycles. The largest absolute Gasteiger partial charge is 0.482 e. The zero-order chi connectivity index (χ0) is 68.7. The molecular formula is C71H100B2F4N8O11. The summed E-state index contributed by atoms with van der Waals surface area (Å²) < 4.78 is 91.2. The van der Waals surface area contributed by atoms with E-state index in [1.165, 1.54) is 22.3 Å². The zero-order valence-electron chi connectivity index (χ0n) is 56.9. The Labute approximate surface area is 566 Å². The van der Waals surface area contributed by atoms with E-state index in [-0.39, 0.29) is 86.7 Å². The molecule has 12 atom stereocenters. The van der Waals surface area contributed by atoms with Crippen molar-refractivity contribution in [2.75, 3.05) is 58.9 Å². The minimum absolute atomic E-state index is 0. The average Bonchev–Trinajstić information content (AvgIpc) is 1.38. The van der Waals surface area contributed by atoms with Crippen molar-refractivity contribution in [3.05, 3.63) is 106 Å². The summed E-state index contributed by atoms with van der Waals surface area (Å²) in [6, 6.07) is 19.9. The van der Waals surface area contributed by atoms with Crippen molar-refractivity contribution in [1.82, 2.24) is 30.2 Å². The number of hydrogen-bond acceptors (Lipinski definition) is 13. The average molecular weight is 1340 g/mol. The van der Waals surface area contributed by atoms with Gasteiger partial charge in [0.15, 0.2) is 0 Å². The fourth-order valence-electron chi connectivity index (χ4n) is 16.9. The Morgan fingerprint density at radius 3 is 1.48 bits per heavy atom. The lowest BCUT2D eigenvalue weighted by Crippen LogP contribution is -2.65. The normalized spacial score (nSPS) is 31.2. The van der Waals surface area contributed by atoms with Gasteiger partial charge in [0.2, 0.25) is 5.70 Å². The molecule has 6 aliphatic heterocycles. The summed E-state index contributed by atoms with van der Waals surface area (Å²) in [5, 5.41) is 6.07. The maximum Gasteiger partial charge on any atom is 0.482 e. The fraction of sp³-hybridized carbons (Fsp3) is 0.704. The molecule has 6 aliphatic carbocycles. The molecule has 2 aromatic carbocycles. The van der Waals surface area contributed by atoms with Crippen LogP contribution in [0.25, 0.3) is 9.69 Å². The number of halogens is 4. The van der Waals surface area contributed by atoms with Crippen LogP contribution in [-0.2, 0) is 55.3 Å². The third kappa shape index (κ3) is 16.1. The molecule has 524 valence electrons. The predicted octanol–water partition coefficient (Wildman–Crippen LogP) is 10.9. The highest BCUT2D eigenvalue weighted by molar-refractivity contribution is 6.48. The molecule has 0 spiro atoms. The molecule has 19 nitrogen and oxygen atoms in total. The maximum absolute atomic E-state index is 13.9. The van der Waals surface area contributed by atoms with Gasteiger partial charge in [-0.05, 0) is 151 Å². The summed E-state index contributed by atoms with van der Waals surface area (Å²) in [4.78, 5) is 75.5. The topological polar surface area (TPSA) is 186 Å². The van der Waals surface area contributed by atoms with Crippen LogP contribution in [0.2, 0.25) is 0 Å². The summed E-state index contributed by atoms with van der Waals surface area (Å²) in [6.07, 6.45) is 7.56. The Morgan fingerprint density at radius 1 is 0.656 bits per heavy atom. The lowest BCUT2D eigenvalue weighted by Gasteiger charge is -2.64.